The van der Waals surface area contributed by atoms with Crippen molar-refractivity contribution >= 4 is 17.6 Å². The molecule has 4 heteroatoms. The van der Waals surface area contributed by atoms with Crippen molar-refractivity contribution in [1.82, 2.24) is 4.90 Å². The number of imide groups is 1. The number of carbonyl (C=O) groups excluding carboxylic acids is 3. The Labute approximate surface area is 88.9 Å². The Morgan fingerprint density at radius 1 is 1.20 bits per heavy atom. The topological polar surface area (TPSA) is 54.5 Å². The predicted octanol–water partition coefficient (Wildman–Crippen LogP) is 0.915. The summed E-state index contributed by atoms with van der Waals surface area (Å²) in [5.74, 6) is -0.942. The van der Waals surface area contributed by atoms with Crippen molar-refractivity contribution in [2.75, 3.05) is 0 Å². The molecule has 2 amide bonds. The molecule has 0 unspecified atom stereocenters. The predicted molar refractivity (Wildman–Crippen MR) is 54.9 cm³/mol. The summed E-state index contributed by atoms with van der Waals surface area (Å²) in [4.78, 5) is 35.5. The summed E-state index contributed by atoms with van der Waals surface area (Å²) in [6.07, 6.45) is 2.38. The summed E-state index contributed by atoms with van der Waals surface area (Å²) in [6, 6.07) is -0.694. The Balaban J connectivity index is 2.87. The Morgan fingerprint density at radius 3 is 1.93 bits per heavy atom. The number of hydrogen-bond donors (Lipinski definition) is 0. The van der Waals surface area contributed by atoms with Gasteiger partial charge in [-0.15, -0.1) is 0 Å². The van der Waals surface area contributed by atoms with Gasteiger partial charge in [-0.2, -0.15) is 0 Å². The molecule has 0 aromatic carbocycles. The molecular weight excluding hydrogens is 194 g/mol. The minimum Gasteiger partial charge on any atom is -0.297 e. The molecule has 0 aliphatic carbocycles. The monoisotopic (exact) mass is 209 g/mol. The number of Topliss-reactive ketones (excluding diaryl/α,β-unsaturated/α-hetero) is 1. The number of rotatable bonds is 2. The van der Waals surface area contributed by atoms with E-state index in [0.717, 1.165) is 4.90 Å². The smallest absolute Gasteiger partial charge is 0.254 e. The largest absolute Gasteiger partial charge is 0.297 e. The van der Waals surface area contributed by atoms with E-state index in [1.165, 1.54) is 12.2 Å². The summed E-state index contributed by atoms with van der Waals surface area (Å²) in [5.41, 5.74) is -0.553. The highest BCUT2D eigenvalue weighted by Gasteiger charge is 2.36. The molecule has 4 nitrogen and oxygen atoms in total. The minimum absolute atomic E-state index is 0.118. The second-order valence-electron chi connectivity index (χ2n) is 4.67. The lowest BCUT2D eigenvalue weighted by molar-refractivity contribution is -0.146. The second-order valence-corrected chi connectivity index (χ2v) is 4.67. The summed E-state index contributed by atoms with van der Waals surface area (Å²) in [7, 11) is 0. The lowest BCUT2D eigenvalue weighted by atomic mass is 9.86. The van der Waals surface area contributed by atoms with Gasteiger partial charge in [-0.25, -0.2) is 0 Å². The van der Waals surface area contributed by atoms with Crippen molar-refractivity contribution in [2.24, 2.45) is 5.41 Å². The SMILES string of the molecule is C[C@@H](C(=O)C(C)(C)C)N1C(=O)C=CC1=O. The normalized spacial score (nSPS) is 18.5. The van der Waals surface area contributed by atoms with Crippen LogP contribution in [0, 0.1) is 5.41 Å². The zero-order valence-electron chi connectivity index (χ0n) is 9.40. The Morgan fingerprint density at radius 2 is 1.60 bits per heavy atom. The Kier molecular flexibility index (Phi) is 2.79. The maximum atomic E-state index is 11.9. The third kappa shape index (κ3) is 2.14. The number of amides is 2. The van der Waals surface area contributed by atoms with Crippen LogP contribution in [0.2, 0.25) is 0 Å². The maximum absolute atomic E-state index is 11.9. The highest BCUT2D eigenvalue weighted by Crippen LogP contribution is 2.21. The van der Waals surface area contributed by atoms with E-state index in [1.807, 2.05) is 0 Å². The van der Waals surface area contributed by atoms with Gasteiger partial charge in [0.05, 0.1) is 6.04 Å². The van der Waals surface area contributed by atoms with Gasteiger partial charge in [0.15, 0.2) is 5.78 Å². The average molecular weight is 209 g/mol. The molecule has 0 aromatic heterocycles. The highest BCUT2D eigenvalue weighted by atomic mass is 16.2. The molecule has 0 aromatic rings. The second kappa shape index (κ2) is 3.61. The third-order valence-electron chi connectivity index (χ3n) is 2.35. The van der Waals surface area contributed by atoms with E-state index in [2.05, 4.69) is 0 Å². The zero-order chi connectivity index (χ0) is 11.8. The van der Waals surface area contributed by atoms with Crippen molar-refractivity contribution in [3.05, 3.63) is 12.2 Å². The van der Waals surface area contributed by atoms with Gasteiger partial charge < -0.3 is 0 Å². The van der Waals surface area contributed by atoms with Gasteiger partial charge in [-0.05, 0) is 6.92 Å². The summed E-state index contributed by atoms with van der Waals surface area (Å²) in [5, 5.41) is 0. The van der Waals surface area contributed by atoms with Crippen molar-refractivity contribution in [3.8, 4) is 0 Å². The van der Waals surface area contributed by atoms with E-state index in [-0.39, 0.29) is 5.78 Å². The van der Waals surface area contributed by atoms with Gasteiger partial charge in [-0.1, -0.05) is 20.8 Å². The van der Waals surface area contributed by atoms with Crippen molar-refractivity contribution in [1.29, 1.82) is 0 Å². The fourth-order valence-corrected chi connectivity index (χ4v) is 1.54. The van der Waals surface area contributed by atoms with Gasteiger partial charge in [0, 0.05) is 17.6 Å². The quantitative estimate of drug-likeness (QED) is 0.635. The maximum Gasteiger partial charge on any atom is 0.254 e. The molecule has 0 radical (unpaired) electrons. The van der Waals surface area contributed by atoms with Crippen LogP contribution in [-0.2, 0) is 14.4 Å². The van der Waals surface area contributed by atoms with Crippen molar-refractivity contribution in [2.45, 2.75) is 33.7 Å². The van der Waals surface area contributed by atoms with Crippen molar-refractivity contribution < 1.29 is 14.4 Å². The van der Waals surface area contributed by atoms with Crippen LogP contribution < -0.4 is 0 Å². The summed E-state index contributed by atoms with van der Waals surface area (Å²) < 4.78 is 0. The standard InChI is InChI=1S/C11H15NO3/c1-7(10(15)11(2,3)4)12-8(13)5-6-9(12)14/h5-7H,1-4H3/t7-/m0/s1. The summed E-state index contributed by atoms with van der Waals surface area (Å²) >= 11 is 0. The lowest BCUT2D eigenvalue weighted by Crippen LogP contribution is -2.46. The van der Waals surface area contributed by atoms with Gasteiger partial charge in [0.2, 0.25) is 0 Å². The lowest BCUT2D eigenvalue weighted by Gasteiger charge is -2.27. The van der Waals surface area contributed by atoms with Crippen LogP contribution in [0.15, 0.2) is 12.2 Å². The molecule has 0 N–H and O–H groups in total. The molecule has 0 fully saturated rings. The first-order valence-corrected chi connectivity index (χ1v) is 4.84. The highest BCUT2D eigenvalue weighted by molar-refractivity contribution is 6.15. The van der Waals surface area contributed by atoms with Crippen molar-refractivity contribution in [3.63, 3.8) is 0 Å². The number of hydrogen-bond acceptors (Lipinski definition) is 3. The summed E-state index contributed by atoms with van der Waals surface area (Å²) in [6.45, 7) is 6.88. The first-order valence-electron chi connectivity index (χ1n) is 4.84. The van der Waals surface area contributed by atoms with E-state index in [0.29, 0.717) is 0 Å². The van der Waals surface area contributed by atoms with E-state index in [9.17, 15) is 14.4 Å². The van der Waals surface area contributed by atoms with E-state index in [4.69, 9.17) is 0 Å². The van der Waals surface area contributed by atoms with Crippen LogP contribution >= 0.6 is 0 Å². The molecular formula is C11H15NO3. The zero-order valence-corrected chi connectivity index (χ0v) is 9.40. The van der Waals surface area contributed by atoms with Crippen LogP contribution in [0.1, 0.15) is 27.7 Å². The average Bonchev–Trinajstić information content (AvgIpc) is 2.42. The van der Waals surface area contributed by atoms with Crippen LogP contribution in [0.3, 0.4) is 0 Å². The van der Waals surface area contributed by atoms with Gasteiger partial charge >= 0.3 is 0 Å². The minimum atomic E-state index is -0.694. The Bertz CT molecular complexity index is 331. The molecule has 1 rings (SSSR count). The van der Waals surface area contributed by atoms with Crippen LogP contribution in [0.25, 0.3) is 0 Å². The number of carbonyl (C=O) groups is 3. The molecule has 1 atom stereocenters. The third-order valence-corrected chi connectivity index (χ3v) is 2.35. The molecule has 82 valence electrons. The van der Waals surface area contributed by atoms with Gasteiger partial charge in [0.1, 0.15) is 0 Å². The molecule has 0 saturated heterocycles. The molecule has 0 bridgehead atoms. The molecule has 1 aliphatic heterocycles. The van der Waals surface area contributed by atoms with E-state index >= 15 is 0 Å². The number of nitrogens with zero attached hydrogens (tertiary/aromatic N) is 1. The first-order chi connectivity index (χ1) is 6.75. The van der Waals surface area contributed by atoms with E-state index < -0.39 is 23.3 Å². The Hall–Kier alpha value is -1.45. The molecule has 0 spiro atoms. The van der Waals surface area contributed by atoms with Gasteiger partial charge in [0.25, 0.3) is 11.8 Å². The first kappa shape index (κ1) is 11.6. The van der Waals surface area contributed by atoms with Crippen LogP contribution in [0.5, 0.6) is 0 Å². The van der Waals surface area contributed by atoms with Gasteiger partial charge in [-0.3, -0.25) is 19.3 Å². The molecule has 0 saturated carbocycles. The fraction of sp³-hybridized carbons (Fsp3) is 0.545. The molecule has 1 heterocycles. The molecule has 1 aliphatic rings. The fourth-order valence-electron chi connectivity index (χ4n) is 1.54. The van der Waals surface area contributed by atoms with Crippen LogP contribution in [0.4, 0.5) is 0 Å². The van der Waals surface area contributed by atoms with Crippen LogP contribution in [-0.4, -0.2) is 28.5 Å². The number of ketones is 1. The molecule has 15 heavy (non-hydrogen) atoms. The van der Waals surface area contributed by atoms with E-state index in [1.54, 1.807) is 27.7 Å².